The summed E-state index contributed by atoms with van der Waals surface area (Å²) in [5, 5.41) is 7.53. The minimum atomic E-state index is -0.312. The second kappa shape index (κ2) is 10.3. The lowest BCUT2D eigenvalue weighted by Gasteiger charge is -2.06. The molecule has 1 amide bonds. The molecule has 0 atom stereocenters. The number of anilines is 1. The fourth-order valence-electron chi connectivity index (χ4n) is 3.98. The van der Waals surface area contributed by atoms with Crippen LogP contribution in [0.4, 0.5) is 5.82 Å². The molecule has 0 saturated carbocycles. The SMILES string of the molecule is CCOc1ccc(/C=N\n2c(N)c(C(=O)NCCc3ccccc3)c3nc4ccccc4nc32)cc1. The zero-order valence-electron chi connectivity index (χ0n) is 19.9. The van der Waals surface area contributed by atoms with Crippen LogP contribution < -0.4 is 15.8 Å². The fraction of sp³-hybridized carbons (Fsp3) is 0.143. The Morgan fingerprint density at radius 2 is 1.69 bits per heavy atom. The van der Waals surface area contributed by atoms with Gasteiger partial charge in [-0.2, -0.15) is 9.78 Å². The standard InChI is InChI=1S/C28H26N6O2/c1-2-36-21-14-12-20(13-15-21)18-31-34-26(29)24(28(35)30-17-16-19-8-4-3-5-9-19)25-27(34)33-23-11-7-6-10-22(23)32-25/h3-15,18H,2,16-17,29H2,1H3,(H,30,35)/b31-18-. The van der Waals surface area contributed by atoms with Crippen LogP contribution in [-0.4, -0.2) is 39.9 Å². The van der Waals surface area contributed by atoms with Crippen LogP contribution >= 0.6 is 0 Å². The summed E-state index contributed by atoms with van der Waals surface area (Å²) in [6, 6.07) is 25.0. The first-order chi connectivity index (χ1) is 17.6. The van der Waals surface area contributed by atoms with Crippen molar-refractivity contribution in [1.82, 2.24) is 20.0 Å². The van der Waals surface area contributed by atoms with Crippen molar-refractivity contribution in [3.63, 3.8) is 0 Å². The van der Waals surface area contributed by atoms with Gasteiger partial charge in [-0.25, -0.2) is 9.97 Å². The van der Waals surface area contributed by atoms with Gasteiger partial charge in [0.15, 0.2) is 5.65 Å². The maximum atomic E-state index is 13.3. The molecule has 8 heteroatoms. The molecule has 8 nitrogen and oxygen atoms in total. The second-order valence-corrected chi connectivity index (χ2v) is 8.19. The van der Waals surface area contributed by atoms with Gasteiger partial charge in [0.2, 0.25) is 0 Å². The van der Waals surface area contributed by atoms with Gasteiger partial charge in [-0.05, 0) is 60.9 Å². The van der Waals surface area contributed by atoms with Crippen molar-refractivity contribution in [1.29, 1.82) is 0 Å². The highest BCUT2D eigenvalue weighted by molar-refractivity contribution is 6.10. The molecule has 0 saturated heterocycles. The highest BCUT2D eigenvalue weighted by atomic mass is 16.5. The first-order valence-electron chi connectivity index (χ1n) is 11.8. The third kappa shape index (κ3) is 4.74. The zero-order chi connectivity index (χ0) is 24.9. The Labute approximate surface area is 208 Å². The first kappa shape index (κ1) is 23.0. The Hall–Kier alpha value is -4.72. The molecule has 180 valence electrons. The summed E-state index contributed by atoms with van der Waals surface area (Å²) in [7, 11) is 0. The predicted octanol–water partition coefficient (Wildman–Crippen LogP) is 4.42. The lowest BCUT2D eigenvalue weighted by molar-refractivity contribution is 0.0956. The van der Waals surface area contributed by atoms with Crippen LogP contribution in [0.25, 0.3) is 22.2 Å². The van der Waals surface area contributed by atoms with Gasteiger partial charge < -0.3 is 15.8 Å². The van der Waals surface area contributed by atoms with Gasteiger partial charge >= 0.3 is 0 Å². The monoisotopic (exact) mass is 478 g/mol. The highest BCUT2D eigenvalue weighted by Gasteiger charge is 2.23. The van der Waals surface area contributed by atoms with Crippen LogP contribution in [-0.2, 0) is 6.42 Å². The summed E-state index contributed by atoms with van der Waals surface area (Å²) >= 11 is 0. The zero-order valence-corrected chi connectivity index (χ0v) is 19.9. The number of rotatable bonds is 8. The van der Waals surface area contributed by atoms with Crippen molar-refractivity contribution in [3.05, 3.63) is 95.6 Å². The number of amides is 1. The van der Waals surface area contributed by atoms with Crippen molar-refractivity contribution >= 4 is 40.1 Å². The molecule has 36 heavy (non-hydrogen) atoms. The number of benzene rings is 3. The van der Waals surface area contributed by atoms with Crippen LogP contribution in [0.3, 0.4) is 0 Å². The number of nitrogens with zero attached hydrogens (tertiary/aromatic N) is 4. The number of fused-ring (bicyclic) bond motifs is 2. The lowest BCUT2D eigenvalue weighted by Crippen LogP contribution is -2.26. The molecular formula is C28H26N6O2. The summed E-state index contributed by atoms with van der Waals surface area (Å²) in [5.41, 5.74) is 10.9. The van der Waals surface area contributed by atoms with Crippen LogP contribution in [0.2, 0.25) is 0 Å². The number of carbonyl (C=O) groups is 1. The molecule has 0 aliphatic carbocycles. The fourth-order valence-corrected chi connectivity index (χ4v) is 3.98. The number of nitrogen functional groups attached to an aromatic ring is 1. The Morgan fingerprint density at radius 1 is 1.00 bits per heavy atom. The molecule has 0 bridgehead atoms. The van der Waals surface area contributed by atoms with Gasteiger partial charge in [0, 0.05) is 6.54 Å². The summed E-state index contributed by atoms with van der Waals surface area (Å²) in [6.07, 6.45) is 2.37. The van der Waals surface area contributed by atoms with E-state index >= 15 is 0 Å². The highest BCUT2D eigenvalue weighted by Crippen LogP contribution is 2.28. The maximum Gasteiger partial charge on any atom is 0.257 e. The molecule has 0 unspecified atom stereocenters. The predicted molar refractivity (Wildman–Crippen MR) is 143 cm³/mol. The van der Waals surface area contributed by atoms with E-state index in [1.807, 2.05) is 85.8 Å². The number of hydrogen-bond acceptors (Lipinski definition) is 6. The van der Waals surface area contributed by atoms with Crippen molar-refractivity contribution in [2.24, 2.45) is 5.10 Å². The van der Waals surface area contributed by atoms with E-state index < -0.39 is 0 Å². The van der Waals surface area contributed by atoms with Crippen LogP contribution in [0, 0.1) is 0 Å². The van der Waals surface area contributed by atoms with Crippen LogP contribution in [0.15, 0.2) is 84.0 Å². The largest absolute Gasteiger partial charge is 0.494 e. The van der Waals surface area contributed by atoms with Gasteiger partial charge in [-0.15, -0.1) is 0 Å². The van der Waals surface area contributed by atoms with E-state index in [-0.39, 0.29) is 17.3 Å². The maximum absolute atomic E-state index is 13.3. The third-order valence-corrected chi connectivity index (χ3v) is 5.76. The number of nitrogens with two attached hydrogens (primary N) is 1. The molecule has 5 aromatic rings. The van der Waals surface area contributed by atoms with E-state index in [9.17, 15) is 4.79 Å². The minimum absolute atomic E-state index is 0.180. The third-order valence-electron chi connectivity index (χ3n) is 5.76. The molecular weight excluding hydrogens is 452 g/mol. The average molecular weight is 479 g/mol. The first-order valence-corrected chi connectivity index (χ1v) is 11.8. The molecule has 3 N–H and O–H groups in total. The van der Waals surface area contributed by atoms with Gasteiger partial charge in [-0.1, -0.05) is 42.5 Å². The van der Waals surface area contributed by atoms with Gasteiger partial charge in [0.05, 0.1) is 23.9 Å². The second-order valence-electron chi connectivity index (χ2n) is 8.19. The van der Waals surface area contributed by atoms with Crippen molar-refractivity contribution in [3.8, 4) is 5.75 Å². The lowest BCUT2D eigenvalue weighted by atomic mass is 10.1. The number of carbonyl (C=O) groups excluding carboxylic acids is 1. The number of ether oxygens (including phenoxy) is 1. The molecule has 0 aliphatic rings. The molecule has 5 rings (SSSR count). The Morgan fingerprint density at radius 3 is 2.42 bits per heavy atom. The Bertz CT molecular complexity index is 1540. The van der Waals surface area contributed by atoms with Crippen LogP contribution in [0.1, 0.15) is 28.4 Å². The normalized spacial score (nSPS) is 11.4. The summed E-state index contributed by atoms with van der Waals surface area (Å²) in [4.78, 5) is 22.7. The van der Waals surface area contributed by atoms with Gasteiger partial charge in [0.1, 0.15) is 22.6 Å². The Kier molecular flexibility index (Phi) is 6.57. The molecule has 0 radical (unpaired) electrons. The van der Waals surface area contributed by atoms with E-state index in [2.05, 4.69) is 10.4 Å². The number of para-hydroxylation sites is 2. The number of hydrogen-bond donors (Lipinski definition) is 2. The number of aromatic nitrogens is 3. The molecule has 3 aromatic carbocycles. The minimum Gasteiger partial charge on any atom is -0.494 e. The summed E-state index contributed by atoms with van der Waals surface area (Å²) in [5.74, 6) is 0.653. The van der Waals surface area contributed by atoms with Crippen molar-refractivity contribution in [2.75, 3.05) is 18.9 Å². The summed E-state index contributed by atoms with van der Waals surface area (Å²) in [6.45, 7) is 3.00. The molecule has 0 spiro atoms. The summed E-state index contributed by atoms with van der Waals surface area (Å²) < 4.78 is 6.97. The molecule has 2 heterocycles. The van der Waals surface area contributed by atoms with E-state index in [1.54, 1.807) is 6.21 Å². The quantitative estimate of drug-likeness (QED) is 0.321. The number of nitrogens with one attached hydrogen (secondary N) is 1. The molecule has 2 aromatic heterocycles. The van der Waals surface area contributed by atoms with Gasteiger partial charge in [-0.3, -0.25) is 4.79 Å². The van der Waals surface area contributed by atoms with Crippen molar-refractivity contribution < 1.29 is 9.53 Å². The van der Waals surface area contributed by atoms with E-state index in [1.165, 1.54) is 4.68 Å². The molecule has 0 fully saturated rings. The van der Waals surface area contributed by atoms with Crippen molar-refractivity contribution in [2.45, 2.75) is 13.3 Å². The van der Waals surface area contributed by atoms with E-state index in [4.69, 9.17) is 20.4 Å². The van der Waals surface area contributed by atoms with Crippen LogP contribution in [0.5, 0.6) is 5.75 Å². The van der Waals surface area contributed by atoms with E-state index in [0.717, 1.165) is 16.9 Å². The van der Waals surface area contributed by atoms with Gasteiger partial charge in [0.25, 0.3) is 5.91 Å². The topological polar surface area (TPSA) is 107 Å². The molecule has 0 aliphatic heterocycles. The average Bonchev–Trinajstić information content (AvgIpc) is 3.17. The Balaban J connectivity index is 1.50. The van der Waals surface area contributed by atoms with E-state index in [0.29, 0.717) is 41.8 Å². The smallest absolute Gasteiger partial charge is 0.257 e.